The lowest BCUT2D eigenvalue weighted by Crippen LogP contribution is -2.13. The van der Waals surface area contributed by atoms with Gasteiger partial charge in [0.25, 0.3) is 5.91 Å². The Hall–Kier alpha value is -1.01. The molecule has 0 aliphatic rings. The molecule has 2 nitrogen and oxygen atoms in total. The molecule has 2 aromatic rings. The van der Waals surface area contributed by atoms with Crippen LogP contribution in [0.4, 0.5) is 5.69 Å². The van der Waals surface area contributed by atoms with Crippen LogP contribution in [0.5, 0.6) is 0 Å². The summed E-state index contributed by atoms with van der Waals surface area (Å²) in [6, 6.07) is 13.2. The second-order valence-electron chi connectivity index (χ2n) is 3.96. The lowest BCUT2D eigenvalue weighted by molar-refractivity contribution is 0.102. The van der Waals surface area contributed by atoms with Crippen LogP contribution in [0.2, 0.25) is 0 Å². The highest BCUT2D eigenvalue weighted by Crippen LogP contribution is 2.17. The Morgan fingerprint density at radius 1 is 1.17 bits per heavy atom. The predicted molar refractivity (Wildman–Crippen MR) is 85.5 cm³/mol. The summed E-state index contributed by atoms with van der Waals surface area (Å²) in [6.07, 6.45) is 0. The van der Waals surface area contributed by atoms with Gasteiger partial charge in [0.2, 0.25) is 0 Å². The first-order valence-electron chi connectivity index (χ1n) is 5.43. The third-order valence-electron chi connectivity index (χ3n) is 2.57. The van der Waals surface area contributed by atoms with E-state index in [2.05, 4.69) is 40.5 Å². The molecule has 18 heavy (non-hydrogen) atoms. The third kappa shape index (κ3) is 3.26. The minimum atomic E-state index is -0.107. The minimum absolute atomic E-state index is 0.107. The monoisotopic (exact) mass is 369 g/mol. The van der Waals surface area contributed by atoms with Gasteiger partial charge in [-0.15, -0.1) is 12.6 Å². The summed E-state index contributed by atoms with van der Waals surface area (Å²) in [6.45, 7) is 1.91. The summed E-state index contributed by atoms with van der Waals surface area (Å²) in [5.41, 5.74) is 2.39. The van der Waals surface area contributed by atoms with E-state index in [0.717, 1.165) is 19.7 Å². The van der Waals surface area contributed by atoms with Crippen molar-refractivity contribution in [3.63, 3.8) is 0 Å². The van der Waals surface area contributed by atoms with Crippen LogP contribution in [0.15, 0.2) is 47.4 Å². The number of halogens is 1. The van der Waals surface area contributed by atoms with Gasteiger partial charge in [0.05, 0.1) is 0 Å². The summed E-state index contributed by atoms with van der Waals surface area (Å²) in [5.74, 6) is -0.107. The van der Waals surface area contributed by atoms with Crippen molar-refractivity contribution in [2.75, 3.05) is 5.32 Å². The van der Waals surface area contributed by atoms with Gasteiger partial charge in [-0.3, -0.25) is 4.79 Å². The first-order valence-corrected chi connectivity index (χ1v) is 6.95. The fraction of sp³-hybridized carbons (Fsp3) is 0.0714. The van der Waals surface area contributed by atoms with E-state index in [1.165, 1.54) is 0 Å². The van der Waals surface area contributed by atoms with Gasteiger partial charge >= 0.3 is 0 Å². The molecule has 1 amide bonds. The molecule has 0 bridgehead atoms. The van der Waals surface area contributed by atoms with Crippen LogP contribution in [0.1, 0.15) is 15.9 Å². The number of aryl methyl sites for hydroxylation is 1. The van der Waals surface area contributed by atoms with Gasteiger partial charge in [0, 0.05) is 19.7 Å². The van der Waals surface area contributed by atoms with Crippen LogP contribution < -0.4 is 5.32 Å². The molecule has 1 N–H and O–H groups in total. The Labute approximate surface area is 125 Å². The Balaban J connectivity index is 2.21. The van der Waals surface area contributed by atoms with E-state index in [1.807, 2.05) is 43.3 Å². The molecule has 0 aliphatic carbocycles. The highest BCUT2D eigenvalue weighted by molar-refractivity contribution is 14.1. The molecule has 0 spiro atoms. The van der Waals surface area contributed by atoms with Gasteiger partial charge in [0.1, 0.15) is 0 Å². The molecular formula is C14H12INOS. The van der Waals surface area contributed by atoms with Crippen molar-refractivity contribution < 1.29 is 4.79 Å². The zero-order valence-corrected chi connectivity index (χ0v) is 12.8. The van der Waals surface area contributed by atoms with Gasteiger partial charge < -0.3 is 5.32 Å². The average molecular weight is 369 g/mol. The number of hydrogen-bond donors (Lipinski definition) is 2. The molecule has 0 saturated heterocycles. The number of rotatable bonds is 2. The molecule has 0 aliphatic heterocycles. The number of anilines is 1. The van der Waals surface area contributed by atoms with Crippen molar-refractivity contribution in [3.05, 3.63) is 57.2 Å². The lowest BCUT2D eigenvalue weighted by Gasteiger charge is -2.08. The topological polar surface area (TPSA) is 29.1 Å². The number of carbonyl (C=O) groups is 1. The van der Waals surface area contributed by atoms with E-state index in [-0.39, 0.29) is 5.91 Å². The van der Waals surface area contributed by atoms with Crippen molar-refractivity contribution in [3.8, 4) is 0 Å². The van der Waals surface area contributed by atoms with E-state index in [1.54, 1.807) is 6.07 Å². The molecule has 0 unspecified atom stereocenters. The highest BCUT2D eigenvalue weighted by Gasteiger charge is 2.09. The molecule has 0 saturated carbocycles. The summed E-state index contributed by atoms with van der Waals surface area (Å²) < 4.78 is 1.14. The highest BCUT2D eigenvalue weighted by atomic mass is 127. The van der Waals surface area contributed by atoms with Crippen LogP contribution in [0.3, 0.4) is 0 Å². The Kier molecular flexibility index (Phi) is 4.29. The summed E-state index contributed by atoms with van der Waals surface area (Å²) in [4.78, 5) is 12.9. The summed E-state index contributed by atoms with van der Waals surface area (Å²) in [5, 5.41) is 2.88. The molecule has 0 aromatic heterocycles. The van der Waals surface area contributed by atoms with E-state index in [4.69, 9.17) is 0 Å². The number of amides is 1. The van der Waals surface area contributed by atoms with Gasteiger partial charge in [-0.1, -0.05) is 6.07 Å². The number of thiol groups is 1. The predicted octanol–water partition coefficient (Wildman–Crippen LogP) is 4.14. The van der Waals surface area contributed by atoms with Gasteiger partial charge in [-0.2, -0.15) is 0 Å². The average Bonchev–Trinajstić information content (AvgIpc) is 2.35. The molecule has 2 rings (SSSR count). The van der Waals surface area contributed by atoms with Crippen LogP contribution in [0, 0.1) is 10.5 Å². The number of benzene rings is 2. The second kappa shape index (κ2) is 5.75. The van der Waals surface area contributed by atoms with E-state index < -0.39 is 0 Å². The molecule has 0 atom stereocenters. The van der Waals surface area contributed by atoms with Gasteiger partial charge in [0.15, 0.2) is 0 Å². The maximum atomic E-state index is 12.1. The van der Waals surface area contributed by atoms with Crippen molar-refractivity contribution in [2.24, 2.45) is 0 Å². The zero-order chi connectivity index (χ0) is 13.1. The molecule has 0 fully saturated rings. The quantitative estimate of drug-likeness (QED) is 0.605. The smallest absolute Gasteiger partial charge is 0.255 e. The lowest BCUT2D eigenvalue weighted by atomic mass is 10.1. The van der Waals surface area contributed by atoms with E-state index in [0.29, 0.717) is 5.56 Å². The SMILES string of the molecule is Cc1ccc(S)cc1C(=O)Nc1ccc(I)cc1. The van der Waals surface area contributed by atoms with E-state index >= 15 is 0 Å². The van der Waals surface area contributed by atoms with Crippen LogP contribution >= 0.6 is 35.2 Å². The van der Waals surface area contributed by atoms with E-state index in [9.17, 15) is 4.79 Å². The van der Waals surface area contributed by atoms with Gasteiger partial charge in [-0.25, -0.2) is 0 Å². The Bertz CT molecular complexity index is 581. The molecule has 92 valence electrons. The van der Waals surface area contributed by atoms with Crippen LogP contribution in [-0.4, -0.2) is 5.91 Å². The van der Waals surface area contributed by atoms with Crippen molar-refractivity contribution in [1.29, 1.82) is 0 Å². The Morgan fingerprint density at radius 2 is 1.83 bits per heavy atom. The molecule has 4 heteroatoms. The molecule has 2 aromatic carbocycles. The first-order chi connectivity index (χ1) is 8.56. The standard InChI is InChI=1S/C14H12INOS/c1-9-2-7-12(18)8-13(9)14(17)16-11-5-3-10(15)4-6-11/h2-8,18H,1H3,(H,16,17). The fourth-order valence-corrected chi connectivity index (χ4v) is 2.15. The van der Waals surface area contributed by atoms with Gasteiger partial charge in [-0.05, 0) is 71.5 Å². The molecule has 0 radical (unpaired) electrons. The maximum Gasteiger partial charge on any atom is 0.255 e. The number of hydrogen-bond acceptors (Lipinski definition) is 2. The largest absolute Gasteiger partial charge is 0.322 e. The number of carbonyl (C=O) groups excluding carboxylic acids is 1. The van der Waals surface area contributed by atoms with Crippen molar-refractivity contribution >= 4 is 46.8 Å². The fourth-order valence-electron chi connectivity index (χ4n) is 1.59. The van der Waals surface area contributed by atoms with Crippen LogP contribution in [-0.2, 0) is 0 Å². The maximum absolute atomic E-state index is 12.1. The normalized spacial score (nSPS) is 10.2. The van der Waals surface area contributed by atoms with Crippen molar-refractivity contribution in [2.45, 2.75) is 11.8 Å². The Morgan fingerprint density at radius 3 is 2.50 bits per heavy atom. The zero-order valence-electron chi connectivity index (χ0n) is 9.77. The first kappa shape index (κ1) is 13.4. The summed E-state index contributed by atoms with van der Waals surface area (Å²) >= 11 is 6.48. The third-order valence-corrected chi connectivity index (χ3v) is 3.57. The molecular weight excluding hydrogens is 357 g/mol. The second-order valence-corrected chi connectivity index (χ2v) is 5.72. The minimum Gasteiger partial charge on any atom is -0.322 e. The van der Waals surface area contributed by atoms with Crippen LogP contribution in [0.25, 0.3) is 0 Å². The summed E-state index contributed by atoms with van der Waals surface area (Å²) in [7, 11) is 0. The number of nitrogens with one attached hydrogen (secondary N) is 1. The molecule has 0 heterocycles. The van der Waals surface area contributed by atoms with Crippen molar-refractivity contribution in [1.82, 2.24) is 0 Å².